The van der Waals surface area contributed by atoms with Gasteiger partial charge in [0.25, 0.3) is 0 Å². The van der Waals surface area contributed by atoms with Gasteiger partial charge in [-0.05, 0) is 34.6 Å². The van der Waals surface area contributed by atoms with E-state index in [9.17, 15) is 19.2 Å². The molecule has 3 aromatic carbocycles. The normalized spacial score (nSPS) is 16.9. The van der Waals surface area contributed by atoms with Gasteiger partial charge in [-0.3, -0.25) is 19.2 Å². The van der Waals surface area contributed by atoms with E-state index in [1.165, 1.54) is 27.7 Å². The molecule has 2 unspecified atom stereocenters. The van der Waals surface area contributed by atoms with Crippen molar-refractivity contribution in [3.8, 4) is 5.75 Å². The van der Waals surface area contributed by atoms with Gasteiger partial charge in [0, 0.05) is 44.2 Å². The highest BCUT2D eigenvalue weighted by Gasteiger charge is 2.34. The summed E-state index contributed by atoms with van der Waals surface area (Å²) in [6.45, 7) is 5.31. The Balaban J connectivity index is 2.14. The first-order valence-corrected chi connectivity index (χ1v) is 11.4. The second-order valence-corrected chi connectivity index (χ2v) is 8.65. The van der Waals surface area contributed by atoms with Crippen LogP contribution in [0.2, 0.25) is 0 Å². The van der Waals surface area contributed by atoms with E-state index >= 15 is 0 Å². The Kier molecular flexibility index (Phi) is 6.73. The van der Waals surface area contributed by atoms with Crippen LogP contribution in [0.4, 0.5) is 0 Å². The highest BCUT2D eigenvalue weighted by atomic mass is 16.6. The first kappa shape index (κ1) is 24.2. The van der Waals surface area contributed by atoms with E-state index in [2.05, 4.69) is 5.32 Å². The molecule has 1 amide bonds. The number of ether oxygens (including phenoxy) is 3. The highest BCUT2D eigenvalue weighted by Crippen LogP contribution is 2.48. The van der Waals surface area contributed by atoms with Crippen LogP contribution in [0.25, 0.3) is 21.5 Å². The Morgan fingerprint density at radius 3 is 2.20 bits per heavy atom. The second kappa shape index (κ2) is 9.74. The predicted molar refractivity (Wildman–Crippen MR) is 129 cm³/mol. The number of esters is 3. The molecule has 8 nitrogen and oxygen atoms in total. The van der Waals surface area contributed by atoms with Crippen LogP contribution >= 0.6 is 0 Å². The standard InChI is InChI=1S/C27H27NO7/c1-14(29)28-23-11-12-24(34-16(3)31)25-21(23)10-9-20-18-7-5-6-8-19(18)22(13-33-15(2)30)27(26(20)25)35-17(4)32/h5-10,23-24H,11-13H2,1-4H3,(H,28,29). The van der Waals surface area contributed by atoms with Crippen LogP contribution in [-0.4, -0.2) is 23.8 Å². The fourth-order valence-corrected chi connectivity index (χ4v) is 4.91. The van der Waals surface area contributed by atoms with Crippen molar-refractivity contribution in [1.82, 2.24) is 5.32 Å². The van der Waals surface area contributed by atoms with Crippen LogP contribution in [0.1, 0.15) is 69.4 Å². The summed E-state index contributed by atoms with van der Waals surface area (Å²) in [5.41, 5.74) is 2.00. The lowest BCUT2D eigenvalue weighted by Gasteiger charge is -2.33. The molecule has 182 valence electrons. The number of rotatable bonds is 5. The molecule has 0 radical (unpaired) electrons. The van der Waals surface area contributed by atoms with Crippen LogP contribution in [0.15, 0.2) is 36.4 Å². The monoisotopic (exact) mass is 477 g/mol. The third-order valence-corrected chi connectivity index (χ3v) is 6.09. The number of carbonyl (C=O) groups excluding carboxylic acids is 4. The summed E-state index contributed by atoms with van der Waals surface area (Å²) in [6, 6.07) is 11.1. The van der Waals surface area contributed by atoms with Gasteiger partial charge in [-0.2, -0.15) is 0 Å². The van der Waals surface area contributed by atoms with Crippen molar-refractivity contribution < 1.29 is 33.4 Å². The van der Waals surface area contributed by atoms with E-state index in [0.717, 1.165) is 21.7 Å². The minimum Gasteiger partial charge on any atom is -0.461 e. The molecule has 8 heteroatoms. The third kappa shape index (κ3) is 4.82. The Labute approximate surface area is 202 Å². The maximum absolute atomic E-state index is 12.2. The largest absolute Gasteiger partial charge is 0.461 e. The van der Waals surface area contributed by atoms with Crippen LogP contribution < -0.4 is 10.1 Å². The number of amides is 1. The van der Waals surface area contributed by atoms with Gasteiger partial charge in [-0.25, -0.2) is 0 Å². The molecule has 0 saturated heterocycles. The number of nitrogens with one attached hydrogen (secondary N) is 1. The number of hydrogen-bond donors (Lipinski definition) is 1. The lowest BCUT2D eigenvalue weighted by molar-refractivity contribution is -0.147. The SMILES string of the molecule is CC(=O)NC1CCC(OC(C)=O)c2c1ccc1c2c(OC(C)=O)c(COC(C)=O)c2ccccc21. The molecule has 3 aromatic rings. The minimum absolute atomic E-state index is 0.106. The Bertz CT molecular complexity index is 1360. The van der Waals surface area contributed by atoms with Crippen molar-refractivity contribution >= 4 is 45.4 Å². The predicted octanol–water partition coefficient (Wildman–Crippen LogP) is 4.56. The summed E-state index contributed by atoms with van der Waals surface area (Å²) in [4.78, 5) is 47.8. The summed E-state index contributed by atoms with van der Waals surface area (Å²) in [7, 11) is 0. The van der Waals surface area contributed by atoms with Gasteiger partial charge in [0.05, 0.1) is 6.04 Å². The van der Waals surface area contributed by atoms with Crippen molar-refractivity contribution in [2.45, 2.75) is 59.3 Å². The molecule has 0 spiro atoms. The average molecular weight is 478 g/mol. The number of fused-ring (bicyclic) bond motifs is 5. The summed E-state index contributed by atoms with van der Waals surface area (Å²) < 4.78 is 16.8. The van der Waals surface area contributed by atoms with Crippen LogP contribution in [0.5, 0.6) is 5.75 Å². The van der Waals surface area contributed by atoms with Gasteiger partial charge in [0.1, 0.15) is 18.5 Å². The Morgan fingerprint density at radius 1 is 0.857 bits per heavy atom. The van der Waals surface area contributed by atoms with Gasteiger partial charge in [0.2, 0.25) is 5.91 Å². The number of benzene rings is 3. The van der Waals surface area contributed by atoms with Gasteiger partial charge >= 0.3 is 17.9 Å². The lowest BCUT2D eigenvalue weighted by Crippen LogP contribution is -2.31. The Morgan fingerprint density at radius 2 is 1.57 bits per heavy atom. The van der Waals surface area contributed by atoms with E-state index in [4.69, 9.17) is 14.2 Å². The fraction of sp³-hybridized carbons (Fsp3) is 0.333. The molecule has 0 saturated carbocycles. The van der Waals surface area contributed by atoms with Crippen molar-refractivity contribution in [3.05, 3.63) is 53.1 Å². The summed E-state index contributed by atoms with van der Waals surface area (Å²) in [5.74, 6) is -1.37. The summed E-state index contributed by atoms with van der Waals surface area (Å²) >= 11 is 0. The molecule has 1 N–H and O–H groups in total. The van der Waals surface area contributed by atoms with Gasteiger partial charge < -0.3 is 19.5 Å². The minimum atomic E-state index is -0.603. The molecule has 4 rings (SSSR count). The zero-order valence-electron chi connectivity index (χ0n) is 20.1. The third-order valence-electron chi connectivity index (χ3n) is 6.09. The van der Waals surface area contributed by atoms with E-state index in [1.54, 1.807) is 0 Å². The number of carbonyl (C=O) groups is 4. The van der Waals surface area contributed by atoms with Crippen molar-refractivity contribution in [1.29, 1.82) is 0 Å². The number of hydrogen-bond acceptors (Lipinski definition) is 7. The first-order valence-electron chi connectivity index (χ1n) is 11.4. The van der Waals surface area contributed by atoms with Crippen LogP contribution in [0, 0.1) is 0 Å². The first-order chi connectivity index (χ1) is 16.7. The quantitative estimate of drug-likeness (QED) is 0.326. The van der Waals surface area contributed by atoms with Gasteiger partial charge in [-0.15, -0.1) is 0 Å². The summed E-state index contributed by atoms with van der Waals surface area (Å²) in [6.07, 6.45) is 0.447. The Hall–Kier alpha value is -3.94. The molecule has 2 atom stereocenters. The fourth-order valence-electron chi connectivity index (χ4n) is 4.91. The molecule has 35 heavy (non-hydrogen) atoms. The zero-order chi connectivity index (χ0) is 25.3. The molecule has 0 fully saturated rings. The molecule has 1 aliphatic carbocycles. The maximum Gasteiger partial charge on any atom is 0.308 e. The average Bonchev–Trinajstić information content (AvgIpc) is 2.78. The van der Waals surface area contributed by atoms with Crippen LogP contribution in [-0.2, 0) is 35.3 Å². The molecular formula is C27H27NO7. The second-order valence-electron chi connectivity index (χ2n) is 8.65. The van der Waals surface area contributed by atoms with Crippen molar-refractivity contribution in [2.24, 2.45) is 0 Å². The highest BCUT2D eigenvalue weighted by molar-refractivity contribution is 6.14. The van der Waals surface area contributed by atoms with Crippen molar-refractivity contribution in [2.75, 3.05) is 0 Å². The summed E-state index contributed by atoms with van der Waals surface area (Å²) in [5, 5.41) is 6.00. The zero-order valence-corrected chi connectivity index (χ0v) is 20.1. The molecule has 0 aliphatic heterocycles. The molecule has 0 aromatic heterocycles. The van der Waals surface area contributed by atoms with E-state index < -0.39 is 24.0 Å². The van der Waals surface area contributed by atoms with Gasteiger partial charge in [0.15, 0.2) is 0 Å². The van der Waals surface area contributed by atoms with E-state index in [-0.39, 0.29) is 24.3 Å². The van der Waals surface area contributed by atoms with E-state index in [0.29, 0.717) is 29.4 Å². The van der Waals surface area contributed by atoms with Crippen molar-refractivity contribution in [3.63, 3.8) is 0 Å². The smallest absolute Gasteiger partial charge is 0.308 e. The lowest BCUT2D eigenvalue weighted by atomic mass is 9.80. The molecule has 0 heterocycles. The topological polar surface area (TPSA) is 108 Å². The molecular weight excluding hydrogens is 450 g/mol. The van der Waals surface area contributed by atoms with Crippen LogP contribution in [0.3, 0.4) is 0 Å². The maximum atomic E-state index is 12.2. The van der Waals surface area contributed by atoms with E-state index in [1.807, 2.05) is 36.4 Å². The molecule has 0 bridgehead atoms. The molecule has 1 aliphatic rings. The van der Waals surface area contributed by atoms with Gasteiger partial charge in [-0.1, -0.05) is 36.4 Å².